The third-order valence-electron chi connectivity index (χ3n) is 3.93. The van der Waals surface area contributed by atoms with Gasteiger partial charge in [-0.3, -0.25) is 9.78 Å². The van der Waals surface area contributed by atoms with Crippen LogP contribution in [0.3, 0.4) is 0 Å². The van der Waals surface area contributed by atoms with Gasteiger partial charge in [-0.2, -0.15) is 0 Å². The second kappa shape index (κ2) is 6.48. The molecule has 1 aromatic heterocycles. The molecule has 0 aliphatic heterocycles. The molecule has 1 aliphatic carbocycles. The van der Waals surface area contributed by atoms with Gasteiger partial charge in [-0.15, -0.1) is 0 Å². The van der Waals surface area contributed by atoms with Gasteiger partial charge in [0, 0.05) is 23.7 Å². The Hall–Kier alpha value is -2.88. The van der Waals surface area contributed by atoms with Crippen molar-refractivity contribution < 1.29 is 4.79 Å². The van der Waals surface area contributed by atoms with Gasteiger partial charge in [0.1, 0.15) is 5.70 Å². The van der Waals surface area contributed by atoms with Crippen LogP contribution >= 0.6 is 0 Å². The highest BCUT2D eigenvalue weighted by atomic mass is 16.1. The number of carbonyl (C=O) groups excluding carboxylic acids is 1. The van der Waals surface area contributed by atoms with Crippen LogP contribution in [0.15, 0.2) is 78.4 Å². The molecule has 1 aromatic carbocycles. The summed E-state index contributed by atoms with van der Waals surface area (Å²) in [6, 6.07) is 14.0. The number of pyridine rings is 1. The molecular formula is C19H19N3O. The van der Waals surface area contributed by atoms with Crippen LogP contribution in [0, 0.1) is 0 Å². The van der Waals surface area contributed by atoms with Gasteiger partial charge in [-0.05, 0) is 24.1 Å². The molecule has 1 aliphatic rings. The zero-order valence-electron chi connectivity index (χ0n) is 13.0. The van der Waals surface area contributed by atoms with E-state index in [1.165, 1.54) is 5.56 Å². The number of carbonyl (C=O) groups is 1. The van der Waals surface area contributed by atoms with Gasteiger partial charge >= 0.3 is 0 Å². The molecular weight excluding hydrogens is 286 g/mol. The van der Waals surface area contributed by atoms with Gasteiger partial charge in [-0.1, -0.05) is 43.8 Å². The first kappa shape index (κ1) is 15.0. The summed E-state index contributed by atoms with van der Waals surface area (Å²) < 4.78 is 0. The topological polar surface area (TPSA) is 54.0 Å². The van der Waals surface area contributed by atoms with Crippen LogP contribution in [0.4, 0.5) is 5.69 Å². The van der Waals surface area contributed by atoms with E-state index in [1.54, 1.807) is 12.4 Å². The standard InChI is InChI=1S/C19H19N3O/c1-3-16(14-7-5-4-6-8-14)22-17-13(2)19(23)18(17)21-15-9-11-20-12-10-15/h4-12,16,22H,2-3H2,1H3,(H,20,21)/t16-/m0/s1. The van der Waals surface area contributed by atoms with Crippen LogP contribution in [0.5, 0.6) is 0 Å². The van der Waals surface area contributed by atoms with E-state index in [4.69, 9.17) is 0 Å². The minimum Gasteiger partial charge on any atom is -0.376 e. The van der Waals surface area contributed by atoms with Crippen molar-refractivity contribution in [1.82, 2.24) is 10.3 Å². The van der Waals surface area contributed by atoms with Crippen molar-refractivity contribution in [3.05, 3.63) is 84.0 Å². The number of hydrogen-bond donors (Lipinski definition) is 2. The zero-order valence-corrected chi connectivity index (χ0v) is 13.0. The maximum absolute atomic E-state index is 12.1. The van der Waals surface area contributed by atoms with Crippen molar-refractivity contribution in [1.29, 1.82) is 0 Å². The molecule has 0 radical (unpaired) electrons. The van der Waals surface area contributed by atoms with Crippen molar-refractivity contribution >= 4 is 11.5 Å². The highest BCUT2D eigenvalue weighted by molar-refractivity contribution is 6.20. The van der Waals surface area contributed by atoms with E-state index in [0.717, 1.165) is 17.8 Å². The number of ketones is 1. The molecule has 4 nitrogen and oxygen atoms in total. The first-order chi connectivity index (χ1) is 11.2. The molecule has 2 N–H and O–H groups in total. The second-order valence-electron chi connectivity index (χ2n) is 5.43. The van der Waals surface area contributed by atoms with E-state index >= 15 is 0 Å². The van der Waals surface area contributed by atoms with E-state index in [9.17, 15) is 4.79 Å². The molecule has 0 spiro atoms. The number of anilines is 1. The van der Waals surface area contributed by atoms with Crippen molar-refractivity contribution in [2.24, 2.45) is 0 Å². The monoisotopic (exact) mass is 305 g/mol. The van der Waals surface area contributed by atoms with E-state index in [-0.39, 0.29) is 11.8 Å². The Labute approximate surface area is 136 Å². The Balaban J connectivity index is 1.84. The number of rotatable bonds is 6. The van der Waals surface area contributed by atoms with E-state index in [2.05, 4.69) is 41.3 Å². The lowest BCUT2D eigenvalue weighted by Crippen LogP contribution is -2.36. The first-order valence-electron chi connectivity index (χ1n) is 7.67. The van der Waals surface area contributed by atoms with Gasteiger partial charge in [-0.25, -0.2) is 0 Å². The lowest BCUT2D eigenvalue weighted by atomic mass is 9.91. The second-order valence-corrected chi connectivity index (χ2v) is 5.43. The molecule has 0 amide bonds. The lowest BCUT2D eigenvalue weighted by Gasteiger charge is -2.30. The molecule has 1 heterocycles. The summed E-state index contributed by atoms with van der Waals surface area (Å²) in [5.74, 6) is -0.0489. The molecule has 2 aromatic rings. The molecule has 0 saturated carbocycles. The Morgan fingerprint density at radius 1 is 1.09 bits per heavy atom. The predicted molar refractivity (Wildman–Crippen MR) is 91.6 cm³/mol. The third-order valence-corrected chi connectivity index (χ3v) is 3.93. The molecule has 0 unspecified atom stereocenters. The minimum absolute atomic E-state index is 0.0489. The van der Waals surface area contributed by atoms with Crippen molar-refractivity contribution in [3.8, 4) is 0 Å². The molecule has 0 saturated heterocycles. The van der Waals surface area contributed by atoms with Crippen LogP contribution in [-0.2, 0) is 4.79 Å². The van der Waals surface area contributed by atoms with Gasteiger partial charge in [0.2, 0.25) is 5.78 Å². The largest absolute Gasteiger partial charge is 0.376 e. The molecule has 0 fully saturated rings. The van der Waals surface area contributed by atoms with Gasteiger partial charge in [0.05, 0.1) is 11.7 Å². The molecule has 3 rings (SSSR count). The fourth-order valence-corrected chi connectivity index (χ4v) is 2.61. The Kier molecular flexibility index (Phi) is 4.24. The summed E-state index contributed by atoms with van der Waals surface area (Å²) in [4.78, 5) is 16.1. The highest BCUT2D eigenvalue weighted by Crippen LogP contribution is 2.31. The Bertz CT molecular complexity index is 751. The molecule has 1 atom stereocenters. The smallest absolute Gasteiger partial charge is 0.212 e. The van der Waals surface area contributed by atoms with E-state index in [1.807, 2.05) is 30.3 Å². The fourth-order valence-electron chi connectivity index (χ4n) is 2.61. The number of hydrogen-bond acceptors (Lipinski definition) is 4. The molecule has 4 heteroatoms. The SMILES string of the molecule is C=C1C(=O)C(Nc2ccncc2)=C1N[C@@H](CC)c1ccccc1. The Morgan fingerprint density at radius 3 is 2.43 bits per heavy atom. The summed E-state index contributed by atoms with van der Waals surface area (Å²) in [5, 5.41) is 6.61. The van der Waals surface area contributed by atoms with Gasteiger partial charge in [0.15, 0.2) is 0 Å². The fraction of sp³-hybridized carbons (Fsp3) is 0.158. The predicted octanol–water partition coefficient (Wildman–Crippen LogP) is 3.58. The van der Waals surface area contributed by atoms with Crippen LogP contribution in [0.2, 0.25) is 0 Å². The maximum atomic E-state index is 12.1. The first-order valence-corrected chi connectivity index (χ1v) is 7.67. The van der Waals surface area contributed by atoms with Crippen LogP contribution in [-0.4, -0.2) is 10.8 Å². The summed E-state index contributed by atoms with van der Waals surface area (Å²) in [6.45, 7) is 5.99. The van der Waals surface area contributed by atoms with Crippen LogP contribution in [0.1, 0.15) is 24.9 Å². The average Bonchev–Trinajstić information content (AvgIpc) is 2.62. The summed E-state index contributed by atoms with van der Waals surface area (Å²) in [6.07, 6.45) is 4.29. The highest BCUT2D eigenvalue weighted by Gasteiger charge is 2.33. The lowest BCUT2D eigenvalue weighted by molar-refractivity contribution is -0.113. The molecule has 116 valence electrons. The van der Waals surface area contributed by atoms with E-state index in [0.29, 0.717) is 11.3 Å². The van der Waals surface area contributed by atoms with Crippen LogP contribution in [0.25, 0.3) is 0 Å². The van der Waals surface area contributed by atoms with Crippen LogP contribution < -0.4 is 10.6 Å². The minimum atomic E-state index is -0.0489. The average molecular weight is 305 g/mol. The summed E-state index contributed by atoms with van der Waals surface area (Å²) in [7, 11) is 0. The van der Waals surface area contributed by atoms with Crippen molar-refractivity contribution in [2.75, 3.05) is 5.32 Å². The number of nitrogens with zero attached hydrogens (tertiary/aromatic N) is 1. The number of aromatic nitrogens is 1. The zero-order chi connectivity index (χ0) is 16.2. The molecule has 23 heavy (non-hydrogen) atoms. The van der Waals surface area contributed by atoms with Crippen molar-refractivity contribution in [2.45, 2.75) is 19.4 Å². The summed E-state index contributed by atoms with van der Waals surface area (Å²) in [5.41, 5.74) is 3.91. The van der Waals surface area contributed by atoms with Crippen molar-refractivity contribution in [3.63, 3.8) is 0 Å². The summed E-state index contributed by atoms with van der Waals surface area (Å²) >= 11 is 0. The van der Waals surface area contributed by atoms with E-state index < -0.39 is 0 Å². The Morgan fingerprint density at radius 2 is 1.78 bits per heavy atom. The van der Waals surface area contributed by atoms with Gasteiger partial charge < -0.3 is 10.6 Å². The molecule has 0 bridgehead atoms. The number of Topliss-reactive ketones (excluding diaryl/α,β-unsaturated/α-hetero) is 1. The number of allylic oxidation sites excluding steroid dienone is 2. The maximum Gasteiger partial charge on any atom is 0.212 e. The number of nitrogens with one attached hydrogen (secondary N) is 2. The third kappa shape index (κ3) is 3.01. The normalized spacial score (nSPS) is 15.2. The quantitative estimate of drug-likeness (QED) is 0.801. The van der Waals surface area contributed by atoms with Gasteiger partial charge in [0.25, 0.3) is 0 Å². The number of benzene rings is 1.